The second-order valence-electron chi connectivity index (χ2n) is 7.64. The summed E-state index contributed by atoms with van der Waals surface area (Å²) in [6.07, 6.45) is 5.00. The van der Waals surface area contributed by atoms with E-state index in [0.717, 1.165) is 5.92 Å². The Labute approximate surface area is 122 Å². The quantitative estimate of drug-likeness (QED) is 0.831. The zero-order valence-electron chi connectivity index (χ0n) is 13.0. The lowest BCUT2D eigenvalue weighted by Crippen LogP contribution is -2.31. The Bertz CT molecular complexity index is 489. The molecule has 0 amide bonds. The lowest BCUT2D eigenvalue weighted by atomic mass is 9.80. The molecule has 1 aliphatic carbocycles. The average Bonchev–Trinajstić information content (AvgIpc) is 2.87. The van der Waals surface area contributed by atoms with Crippen LogP contribution in [-0.2, 0) is 6.42 Å². The number of nitrogens with zero attached hydrogens (tertiary/aromatic N) is 1. The van der Waals surface area contributed by atoms with Crippen LogP contribution in [-0.4, -0.2) is 23.1 Å². The molecule has 1 fully saturated rings. The Morgan fingerprint density at radius 3 is 2.70 bits per heavy atom. The fraction of sp³-hybridized carbons (Fsp3) is 0.667. The minimum Gasteiger partial charge on any atom is -0.508 e. The van der Waals surface area contributed by atoms with Gasteiger partial charge in [0.2, 0.25) is 0 Å². The predicted molar refractivity (Wildman–Crippen MR) is 82.9 cm³/mol. The van der Waals surface area contributed by atoms with Crippen LogP contribution < -0.4 is 0 Å². The molecule has 2 heteroatoms. The van der Waals surface area contributed by atoms with Crippen molar-refractivity contribution < 1.29 is 5.11 Å². The molecule has 2 atom stereocenters. The van der Waals surface area contributed by atoms with Crippen LogP contribution in [0, 0.1) is 11.3 Å². The summed E-state index contributed by atoms with van der Waals surface area (Å²) in [5.41, 5.74) is 3.23. The SMILES string of the molecule is CC(C)(C)C1CCN(C2CCCc3ccc(O)cc32)C1. The van der Waals surface area contributed by atoms with Crippen LogP contribution in [0.15, 0.2) is 18.2 Å². The van der Waals surface area contributed by atoms with Crippen molar-refractivity contribution in [3.8, 4) is 5.75 Å². The van der Waals surface area contributed by atoms with Crippen LogP contribution in [0.25, 0.3) is 0 Å². The first kappa shape index (κ1) is 13.9. The normalized spacial score (nSPS) is 27.6. The fourth-order valence-corrected chi connectivity index (χ4v) is 3.92. The van der Waals surface area contributed by atoms with E-state index in [9.17, 15) is 5.11 Å². The first-order valence-electron chi connectivity index (χ1n) is 8.01. The molecular weight excluding hydrogens is 246 g/mol. The first-order chi connectivity index (χ1) is 9.45. The summed E-state index contributed by atoms with van der Waals surface area (Å²) in [6, 6.07) is 6.49. The third-order valence-electron chi connectivity index (χ3n) is 5.30. The summed E-state index contributed by atoms with van der Waals surface area (Å²) in [7, 11) is 0. The van der Waals surface area contributed by atoms with Gasteiger partial charge in [0.15, 0.2) is 0 Å². The standard InChI is InChI=1S/C18H27NO/c1-18(2,3)14-9-10-19(12-14)17-6-4-5-13-7-8-15(20)11-16(13)17/h7-8,11,14,17,20H,4-6,9-10,12H2,1-3H3. The minimum absolute atomic E-state index is 0.408. The molecule has 1 aliphatic heterocycles. The Kier molecular flexibility index (Phi) is 3.53. The molecule has 0 bridgehead atoms. The lowest BCUT2D eigenvalue weighted by molar-refractivity contribution is 0.182. The van der Waals surface area contributed by atoms with Gasteiger partial charge in [-0.1, -0.05) is 26.8 Å². The Morgan fingerprint density at radius 2 is 2.00 bits per heavy atom. The molecule has 1 aromatic rings. The second kappa shape index (κ2) is 5.07. The van der Waals surface area contributed by atoms with Crippen molar-refractivity contribution in [2.45, 2.75) is 52.5 Å². The Morgan fingerprint density at radius 1 is 1.20 bits per heavy atom. The largest absolute Gasteiger partial charge is 0.508 e. The molecule has 3 rings (SSSR count). The molecule has 2 unspecified atom stereocenters. The maximum absolute atomic E-state index is 9.81. The van der Waals surface area contributed by atoms with Crippen LogP contribution in [0.5, 0.6) is 5.75 Å². The van der Waals surface area contributed by atoms with Gasteiger partial charge in [-0.05, 0) is 66.8 Å². The molecule has 110 valence electrons. The lowest BCUT2D eigenvalue weighted by Gasteiger charge is -2.34. The van der Waals surface area contributed by atoms with Crippen LogP contribution >= 0.6 is 0 Å². The molecule has 0 saturated carbocycles. The van der Waals surface area contributed by atoms with Gasteiger partial charge >= 0.3 is 0 Å². The summed E-state index contributed by atoms with van der Waals surface area (Å²) < 4.78 is 0. The van der Waals surface area contributed by atoms with Crippen molar-refractivity contribution in [3.05, 3.63) is 29.3 Å². The maximum atomic E-state index is 9.81. The van der Waals surface area contributed by atoms with Crippen LogP contribution in [0.3, 0.4) is 0 Å². The van der Waals surface area contributed by atoms with E-state index in [1.54, 1.807) is 0 Å². The number of hydrogen-bond donors (Lipinski definition) is 1. The van der Waals surface area contributed by atoms with Gasteiger partial charge in [0.1, 0.15) is 5.75 Å². The van der Waals surface area contributed by atoms with Gasteiger partial charge in [0.25, 0.3) is 0 Å². The van der Waals surface area contributed by atoms with Crippen molar-refractivity contribution in [1.29, 1.82) is 0 Å². The number of aryl methyl sites for hydroxylation is 1. The number of rotatable bonds is 1. The van der Waals surface area contributed by atoms with E-state index >= 15 is 0 Å². The number of aromatic hydroxyl groups is 1. The number of phenolic OH excluding ortho intramolecular Hbond substituents is 1. The van der Waals surface area contributed by atoms with Crippen molar-refractivity contribution >= 4 is 0 Å². The molecule has 0 aromatic heterocycles. The number of fused-ring (bicyclic) bond motifs is 1. The average molecular weight is 273 g/mol. The third kappa shape index (κ3) is 2.58. The van der Waals surface area contributed by atoms with Gasteiger partial charge in [-0.25, -0.2) is 0 Å². The summed E-state index contributed by atoms with van der Waals surface area (Å²) in [6.45, 7) is 9.51. The van der Waals surface area contributed by atoms with E-state index in [4.69, 9.17) is 0 Å². The van der Waals surface area contributed by atoms with Crippen LogP contribution in [0.1, 0.15) is 57.2 Å². The molecule has 0 spiro atoms. The monoisotopic (exact) mass is 273 g/mol. The highest BCUT2D eigenvalue weighted by molar-refractivity contribution is 5.38. The van der Waals surface area contributed by atoms with E-state index < -0.39 is 0 Å². The van der Waals surface area contributed by atoms with E-state index in [1.165, 1.54) is 49.9 Å². The van der Waals surface area contributed by atoms with Gasteiger partial charge in [0, 0.05) is 12.6 Å². The summed E-state index contributed by atoms with van der Waals surface area (Å²) in [4.78, 5) is 2.66. The minimum atomic E-state index is 0.408. The molecule has 2 aliphatic rings. The molecule has 2 nitrogen and oxygen atoms in total. The topological polar surface area (TPSA) is 23.5 Å². The van der Waals surface area contributed by atoms with Gasteiger partial charge in [-0.3, -0.25) is 4.90 Å². The molecule has 20 heavy (non-hydrogen) atoms. The molecule has 1 N–H and O–H groups in total. The molecule has 1 aromatic carbocycles. The predicted octanol–water partition coefficient (Wildman–Crippen LogP) is 4.14. The number of phenols is 1. The molecule has 1 heterocycles. The Hall–Kier alpha value is -1.02. The highest BCUT2D eigenvalue weighted by Gasteiger charge is 2.36. The van der Waals surface area contributed by atoms with Crippen LogP contribution in [0.2, 0.25) is 0 Å². The van der Waals surface area contributed by atoms with Crippen molar-refractivity contribution in [2.24, 2.45) is 11.3 Å². The highest BCUT2D eigenvalue weighted by Crippen LogP contribution is 2.41. The fourth-order valence-electron chi connectivity index (χ4n) is 3.92. The van der Waals surface area contributed by atoms with Crippen molar-refractivity contribution in [1.82, 2.24) is 4.90 Å². The zero-order valence-corrected chi connectivity index (χ0v) is 13.0. The number of benzene rings is 1. The first-order valence-corrected chi connectivity index (χ1v) is 8.01. The van der Waals surface area contributed by atoms with Crippen molar-refractivity contribution in [3.63, 3.8) is 0 Å². The maximum Gasteiger partial charge on any atom is 0.115 e. The van der Waals surface area contributed by atoms with Crippen molar-refractivity contribution in [2.75, 3.05) is 13.1 Å². The van der Waals surface area contributed by atoms with Crippen LogP contribution in [0.4, 0.5) is 0 Å². The summed E-state index contributed by atoms with van der Waals surface area (Å²) >= 11 is 0. The zero-order chi connectivity index (χ0) is 14.3. The molecule has 0 radical (unpaired) electrons. The second-order valence-corrected chi connectivity index (χ2v) is 7.64. The van der Waals surface area contributed by atoms with E-state index in [1.807, 2.05) is 12.1 Å². The van der Waals surface area contributed by atoms with Gasteiger partial charge in [-0.15, -0.1) is 0 Å². The molecule has 1 saturated heterocycles. The van der Waals surface area contributed by atoms with Gasteiger partial charge in [0.05, 0.1) is 0 Å². The smallest absolute Gasteiger partial charge is 0.115 e. The van der Waals surface area contributed by atoms with Gasteiger partial charge < -0.3 is 5.11 Å². The highest BCUT2D eigenvalue weighted by atomic mass is 16.3. The summed E-state index contributed by atoms with van der Waals surface area (Å²) in [5, 5.41) is 9.81. The van der Waals surface area contributed by atoms with Gasteiger partial charge in [-0.2, -0.15) is 0 Å². The third-order valence-corrected chi connectivity index (χ3v) is 5.30. The number of hydrogen-bond acceptors (Lipinski definition) is 2. The number of likely N-dealkylation sites (tertiary alicyclic amines) is 1. The van der Waals surface area contributed by atoms with E-state index in [-0.39, 0.29) is 0 Å². The van der Waals surface area contributed by atoms with E-state index in [0.29, 0.717) is 17.2 Å². The van der Waals surface area contributed by atoms with E-state index in [2.05, 4.69) is 31.7 Å². The Balaban J connectivity index is 1.82. The molecular formula is C18H27NO. The summed E-state index contributed by atoms with van der Waals surface area (Å²) in [5.74, 6) is 1.22.